The largest absolute Gasteiger partial charge is 0.296 e. The van der Waals surface area contributed by atoms with E-state index in [1.54, 1.807) is 12.0 Å². The van der Waals surface area contributed by atoms with Gasteiger partial charge in [-0.05, 0) is 41.0 Å². The van der Waals surface area contributed by atoms with Crippen LogP contribution in [0, 0.1) is 0 Å². The van der Waals surface area contributed by atoms with Crippen molar-refractivity contribution in [2.24, 2.45) is 0 Å². The lowest BCUT2D eigenvalue weighted by Crippen LogP contribution is -2.37. The van der Waals surface area contributed by atoms with Crippen LogP contribution in [0.4, 0.5) is 0 Å². The topological polar surface area (TPSA) is 15.7 Å². The fraction of sp³-hybridized carbons (Fsp3) is 1.00. The van der Waals surface area contributed by atoms with Gasteiger partial charge in [0.1, 0.15) is 6.23 Å². The molecule has 0 radical (unpaired) electrons. The molecule has 0 N–H and O–H groups in total. The van der Waals surface area contributed by atoms with Crippen LogP contribution >= 0.6 is 12.0 Å². The Bertz CT molecular complexity index is 117. The Labute approximate surface area is 79.3 Å². The van der Waals surface area contributed by atoms with E-state index in [0.29, 0.717) is 11.6 Å². The van der Waals surface area contributed by atoms with Gasteiger partial charge in [0, 0.05) is 12.0 Å². The maximum atomic E-state index is 5.61. The zero-order valence-electron chi connectivity index (χ0n) is 8.28. The zero-order chi connectivity index (χ0) is 9.14. The second kappa shape index (κ2) is 4.46. The summed E-state index contributed by atoms with van der Waals surface area (Å²) in [6.07, 6.45) is 2.63. The molecule has 72 valence electrons. The molecule has 0 aromatic rings. The lowest BCUT2D eigenvalue weighted by Gasteiger charge is -2.34. The van der Waals surface area contributed by atoms with Gasteiger partial charge < -0.3 is 0 Å². The molecular formula is C8H18N2OS. The third-order valence-electron chi connectivity index (χ3n) is 2.09. The van der Waals surface area contributed by atoms with Gasteiger partial charge in [0.05, 0.1) is 5.37 Å². The first-order chi connectivity index (χ1) is 5.61. The van der Waals surface area contributed by atoms with Crippen molar-refractivity contribution in [3.63, 3.8) is 0 Å². The van der Waals surface area contributed by atoms with Crippen LogP contribution in [0.15, 0.2) is 0 Å². The van der Waals surface area contributed by atoms with Crippen molar-refractivity contribution in [3.05, 3.63) is 0 Å². The van der Waals surface area contributed by atoms with Crippen molar-refractivity contribution in [1.82, 2.24) is 9.80 Å². The summed E-state index contributed by atoms with van der Waals surface area (Å²) in [7, 11) is 8.30. The zero-order valence-corrected chi connectivity index (χ0v) is 9.10. The average molecular weight is 190 g/mol. The van der Waals surface area contributed by atoms with Gasteiger partial charge >= 0.3 is 0 Å². The summed E-state index contributed by atoms with van der Waals surface area (Å²) in [5, 5.41) is 0.529. The summed E-state index contributed by atoms with van der Waals surface area (Å²) < 4.78 is 5.61. The third-order valence-corrected chi connectivity index (χ3v) is 3.30. The summed E-state index contributed by atoms with van der Waals surface area (Å²) in [5.74, 6) is 0. The van der Waals surface area contributed by atoms with E-state index in [-0.39, 0.29) is 0 Å². The fourth-order valence-electron chi connectivity index (χ4n) is 1.20. The molecule has 1 aliphatic heterocycles. The van der Waals surface area contributed by atoms with Crippen LogP contribution in [0.1, 0.15) is 12.8 Å². The monoisotopic (exact) mass is 190 g/mol. The Balaban J connectivity index is 2.30. The molecule has 0 saturated carbocycles. The van der Waals surface area contributed by atoms with Crippen molar-refractivity contribution in [3.8, 4) is 0 Å². The molecule has 3 nitrogen and oxygen atoms in total. The molecule has 0 aliphatic carbocycles. The summed E-state index contributed by atoms with van der Waals surface area (Å²) >= 11 is 1.59. The van der Waals surface area contributed by atoms with Crippen LogP contribution in [-0.4, -0.2) is 49.6 Å². The van der Waals surface area contributed by atoms with Gasteiger partial charge in [-0.15, -0.1) is 0 Å². The normalized spacial score (nSPS) is 31.5. The third kappa shape index (κ3) is 2.62. The highest BCUT2D eigenvalue weighted by Gasteiger charge is 2.25. The molecule has 0 amide bonds. The molecule has 1 rings (SSSR count). The second-order valence-corrected chi connectivity index (χ2v) is 4.54. The van der Waals surface area contributed by atoms with Gasteiger partial charge in [-0.25, -0.2) is 0 Å². The lowest BCUT2D eigenvalue weighted by molar-refractivity contribution is 0.0559. The van der Waals surface area contributed by atoms with Crippen LogP contribution < -0.4 is 0 Å². The molecule has 1 fully saturated rings. The first-order valence-electron chi connectivity index (χ1n) is 4.26. The van der Waals surface area contributed by atoms with Crippen LogP contribution in [-0.2, 0) is 4.18 Å². The quantitative estimate of drug-likeness (QED) is 0.608. The van der Waals surface area contributed by atoms with Crippen LogP contribution in [0.3, 0.4) is 0 Å². The predicted molar refractivity (Wildman–Crippen MR) is 52.9 cm³/mol. The molecule has 1 aliphatic rings. The van der Waals surface area contributed by atoms with E-state index in [2.05, 4.69) is 38.0 Å². The van der Waals surface area contributed by atoms with Crippen molar-refractivity contribution in [2.75, 3.05) is 28.2 Å². The van der Waals surface area contributed by atoms with E-state index in [1.165, 1.54) is 6.42 Å². The minimum Gasteiger partial charge on any atom is -0.296 e. The molecule has 2 atom stereocenters. The first kappa shape index (κ1) is 10.3. The van der Waals surface area contributed by atoms with Crippen LogP contribution in [0.2, 0.25) is 0 Å². The number of hydrogen-bond acceptors (Lipinski definition) is 4. The molecule has 2 unspecified atom stereocenters. The van der Waals surface area contributed by atoms with Crippen molar-refractivity contribution < 1.29 is 4.18 Å². The standard InChI is InChI=1S/C8H18N2OS/c1-9(2)7-5-6-8(10(3)4)12-11-7/h7-8H,5-6H2,1-4H3. The van der Waals surface area contributed by atoms with Crippen molar-refractivity contribution in [1.29, 1.82) is 0 Å². The summed E-state index contributed by atoms with van der Waals surface area (Å²) in [6, 6.07) is 0. The van der Waals surface area contributed by atoms with Crippen molar-refractivity contribution >= 4 is 12.0 Å². The first-order valence-corrected chi connectivity index (χ1v) is 5.06. The number of rotatable bonds is 2. The van der Waals surface area contributed by atoms with Crippen LogP contribution in [0.5, 0.6) is 0 Å². The van der Waals surface area contributed by atoms with Crippen molar-refractivity contribution in [2.45, 2.75) is 24.4 Å². The average Bonchev–Trinajstić information content (AvgIpc) is 2.04. The van der Waals surface area contributed by atoms with Crippen LogP contribution in [0.25, 0.3) is 0 Å². The van der Waals surface area contributed by atoms with Gasteiger partial charge in [-0.2, -0.15) is 0 Å². The minimum absolute atomic E-state index is 0.297. The molecule has 0 spiro atoms. The van der Waals surface area contributed by atoms with E-state index >= 15 is 0 Å². The Morgan fingerprint density at radius 1 is 1.08 bits per heavy atom. The molecule has 0 aromatic heterocycles. The van der Waals surface area contributed by atoms with E-state index in [9.17, 15) is 0 Å². The Hall–Kier alpha value is 0.230. The summed E-state index contributed by atoms with van der Waals surface area (Å²) in [4.78, 5) is 4.33. The van der Waals surface area contributed by atoms with Gasteiger partial charge in [0.15, 0.2) is 0 Å². The molecule has 0 aromatic carbocycles. The highest BCUT2D eigenvalue weighted by Crippen LogP contribution is 2.29. The molecular weight excluding hydrogens is 172 g/mol. The highest BCUT2D eigenvalue weighted by atomic mass is 32.2. The predicted octanol–water partition coefficient (Wildman–Crippen LogP) is 1.22. The molecule has 4 heteroatoms. The Morgan fingerprint density at radius 2 is 1.75 bits per heavy atom. The summed E-state index contributed by atoms with van der Waals surface area (Å²) in [5.41, 5.74) is 0. The van der Waals surface area contributed by atoms with E-state index < -0.39 is 0 Å². The number of hydrogen-bond donors (Lipinski definition) is 0. The molecule has 12 heavy (non-hydrogen) atoms. The highest BCUT2D eigenvalue weighted by molar-refractivity contribution is 7.95. The van der Waals surface area contributed by atoms with E-state index in [4.69, 9.17) is 4.18 Å². The van der Waals surface area contributed by atoms with E-state index in [0.717, 1.165) is 6.42 Å². The minimum atomic E-state index is 0.297. The Morgan fingerprint density at radius 3 is 2.08 bits per heavy atom. The van der Waals surface area contributed by atoms with Gasteiger partial charge in [0.2, 0.25) is 0 Å². The van der Waals surface area contributed by atoms with Gasteiger partial charge in [0.25, 0.3) is 0 Å². The maximum Gasteiger partial charge on any atom is 0.124 e. The number of nitrogens with zero attached hydrogens (tertiary/aromatic N) is 2. The fourth-order valence-corrected chi connectivity index (χ4v) is 2.13. The maximum absolute atomic E-state index is 5.61. The van der Waals surface area contributed by atoms with E-state index in [1.807, 2.05) is 0 Å². The SMILES string of the molecule is CN(C)C1CCC(N(C)C)SO1. The lowest BCUT2D eigenvalue weighted by atomic mass is 10.2. The van der Waals surface area contributed by atoms with Gasteiger partial charge in [-0.1, -0.05) is 0 Å². The summed E-state index contributed by atoms with van der Waals surface area (Å²) in [6.45, 7) is 0. The smallest absolute Gasteiger partial charge is 0.124 e. The van der Waals surface area contributed by atoms with Gasteiger partial charge in [-0.3, -0.25) is 14.0 Å². The molecule has 1 saturated heterocycles. The second-order valence-electron chi connectivity index (χ2n) is 3.61. The molecule has 0 bridgehead atoms. The Kier molecular flexibility index (Phi) is 3.83. The molecule has 1 heterocycles.